The largest absolute Gasteiger partial charge is 0.299 e. The van der Waals surface area contributed by atoms with Crippen LogP contribution in [0.1, 0.15) is 51.9 Å². The van der Waals surface area contributed by atoms with E-state index in [2.05, 4.69) is 13.5 Å². The molecule has 1 nitrogen and oxygen atoms in total. The van der Waals surface area contributed by atoms with Crippen LogP contribution in [-0.4, -0.2) is 5.78 Å². The van der Waals surface area contributed by atoms with Crippen LogP contribution in [0.3, 0.4) is 0 Å². The van der Waals surface area contributed by atoms with E-state index in [1.807, 2.05) is 0 Å². The molecule has 0 amide bonds. The van der Waals surface area contributed by atoms with Gasteiger partial charge in [-0.1, -0.05) is 38.3 Å². The second-order valence-electron chi connectivity index (χ2n) is 4.08. The van der Waals surface area contributed by atoms with E-state index in [1.165, 1.54) is 19.3 Å². The quantitative estimate of drug-likeness (QED) is 0.605. The third kappa shape index (κ3) is 3.33. The highest BCUT2D eigenvalue weighted by molar-refractivity contribution is 5.83. The van der Waals surface area contributed by atoms with E-state index in [4.69, 9.17) is 0 Å². The Morgan fingerprint density at radius 1 is 1.31 bits per heavy atom. The van der Waals surface area contributed by atoms with E-state index in [-0.39, 0.29) is 0 Å². The Morgan fingerprint density at radius 3 is 2.46 bits per heavy atom. The molecule has 1 rings (SSSR count). The maximum absolute atomic E-state index is 11.7. The van der Waals surface area contributed by atoms with Crippen molar-refractivity contribution in [3.63, 3.8) is 0 Å². The molecule has 0 heterocycles. The van der Waals surface area contributed by atoms with E-state index in [0.29, 0.717) is 18.1 Å². The summed E-state index contributed by atoms with van der Waals surface area (Å²) in [6.07, 6.45) is 7.62. The van der Waals surface area contributed by atoms with Crippen LogP contribution in [0, 0.1) is 5.92 Å². The lowest BCUT2D eigenvalue weighted by Crippen LogP contribution is -2.17. The average molecular weight is 180 g/mol. The van der Waals surface area contributed by atoms with Crippen molar-refractivity contribution in [3.05, 3.63) is 12.2 Å². The van der Waals surface area contributed by atoms with Crippen molar-refractivity contribution in [1.82, 2.24) is 0 Å². The van der Waals surface area contributed by atoms with Crippen molar-refractivity contribution in [3.8, 4) is 0 Å². The number of allylic oxidation sites excluding steroid dienone is 1. The molecule has 0 aromatic rings. The molecule has 1 aliphatic carbocycles. The zero-order valence-corrected chi connectivity index (χ0v) is 8.64. The lowest BCUT2D eigenvalue weighted by molar-refractivity contribution is -0.123. The van der Waals surface area contributed by atoms with E-state index in [9.17, 15) is 4.79 Å². The van der Waals surface area contributed by atoms with Gasteiger partial charge in [-0.25, -0.2) is 0 Å². The Balaban J connectivity index is 2.33. The van der Waals surface area contributed by atoms with Crippen LogP contribution in [0.4, 0.5) is 0 Å². The molecule has 0 N–H and O–H groups in total. The monoisotopic (exact) mass is 180 g/mol. The van der Waals surface area contributed by atoms with Gasteiger partial charge in [0.25, 0.3) is 0 Å². The van der Waals surface area contributed by atoms with E-state index < -0.39 is 0 Å². The van der Waals surface area contributed by atoms with Crippen LogP contribution in [0.25, 0.3) is 0 Å². The van der Waals surface area contributed by atoms with Crippen LogP contribution < -0.4 is 0 Å². The van der Waals surface area contributed by atoms with Crippen LogP contribution in [0.15, 0.2) is 12.2 Å². The van der Waals surface area contributed by atoms with Crippen molar-refractivity contribution in [2.45, 2.75) is 51.9 Å². The molecule has 0 saturated heterocycles. The van der Waals surface area contributed by atoms with Gasteiger partial charge >= 0.3 is 0 Å². The van der Waals surface area contributed by atoms with Gasteiger partial charge in [-0.15, -0.1) is 0 Å². The molecule has 1 aliphatic rings. The number of ketones is 1. The van der Waals surface area contributed by atoms with Crippen LogP contribution >= 0.6 is 0 Å². The normalized spacial score (nSPS) is 18.5. The third-order valence-electron chi connectivity index (χ3n) is 2.98. The Labute approximate surface area is 81.2 Å². The molecule has 0 radical (unpaired) electrons. The number of rotatable bonds is 4. The Morgan fingerprint density at radius 2 is 1.92 bits per heavy atom. The van der Waals surface area contributed by atoms with Gasteiger partial charge in [0, 0.05) is 12.3 Å². The summed E-state index contributed by atoms with van der Waals surface area (Å²) in [5, 5.41) is 0. The second kappa shape index (κ2) is 5.21. The first-order chi connectivity index (χ1) is 6.24. The molecule has 1 heteroatoms. The molecule has 0 aliphatic heterocycles. The Bertz CT molecular complexity index is 187. The molecule has 0 aromatic carbocycles. The van der Waals surface area contributed by atoms with Gasteiger partial charge in [-0.2, -0.15) is 0 Å². The fourth-order valence-corrected chi connectivity index (χ4v) is 1.94. The highest BCUT2D eigenvalue weighted by atomic mass is 16.1. The second-order valence-corrected chi connectivity index (χ2v) is 4.08. The topological polar surface area (TPSA) is 17.1 Å². The van der Waals surface area contributed by atoms with Gasteiger partial charge < -0.3 is 0 Å². The molecule has 1 fully saturated rings. The van der Waals surface area contributed by atoms with Crippen molar-refractivity contribution in [1.29, 1.82) is 0 Å². The first-order valence-corrected chi connectivity index (χ1v) is 5.43. The summed E-state index contributed by atoms with van der Waals surface area (Å²) in [7, 11) is 0. The minimum atomic E-state index is 0.358. The molecule has 0 spiro atoms. The summed E-state index contributed by atoms with van der Waals surface area (Å²) in [6, 6.07) is 0. The molecular formula is C12H20O. The van der Waals surface area contributed by atoms with Crippen molar-refractivity contribution < 1.29 is 4.79 Å². The Kier molecular flexibility index (Phi) is 4.20. The van der Waals surface area contributed by atoms with E-state index >= 15 is 0 Å². The zero-order valence-electron chi connectivity index (χ0n) is 8.64. The lowest BCUT2D eigenvalue weighted by Gasteiger charge is -2.20. The number of Topliss-reactive ketones (excluding diaryl/α,β-unsaturated/α-hetero) is 1. The maximum atomic E-state index is 11.7. The van der Waals surface area contributed by atoms with Crippen LogP contribution in [0.2, 0.25) is 0 Å². The van der Waals surface area contributed by atoms with Crippen molar-refractivity contribution >= 4 is 5.78 Å². The molecule has 0 unspecified atom stereocenters. The SMILES string of the molecule is C=C(CC)CC(=O)C1CCCCC1. The molecule has 0 aromatic heterocycles. The molecule has 0 bridgehead atoms. The summed E-state index contributed by atoms with van der Waals surface area (Å²) in [5.41, 5.74) is 1.09. The molecular weight excluding hydrogens is 160 g/mol. The first kappa shape index (κ1) is 10.5. The predicted octanol–water partition coefficient (Wildman–Crippen LogP) is 3.49. The minimum Gasteiger partial charge on any atom is -0.299 e. The van der Waals surface area contributed by atoms with Gasteiger partial charge in [0.15, 0.2) is 0 Å². The highest BCUT2D eigenvalue weighted by Gasteiger charge is 2.20. The summed E-state index contributed by atoms with van der Waals surface area (Å²) >= 11 is 0. The fourth-order valence-electron chi connectivity index (χ4n) is 1.94. The summed E-state index contributed by atoms with van der Waals surface area (Å²) in [5.74, 6) is 0.795. The van der Waals surface area contributed by atoms with Gasteiger partial charge in [0.2, 0.25) is 0 Å². The third-order valence-corrected chi connectivity index (χ3v) is 2.98. The van der Waals surface area contributed by atoms with Crippen LogP contribution in [-0.2, 0) is 4.79 Å². The van der Waals surface area contributed by atoms with Gasteiger partial charge in [-0.05, 0) is 19.3 Å². The lowest BCUT2D eigenvalue weighted by atomic mass is 9.84. The maximum Gasteiger partial charge on any atom is 0.139 e. The van der Waals surface area contributed by atoms with Crippen LogP contribution in [0.5, 0.6) is 0 Å². The van der Waals surface area contributed by atoms with Gasteiger partial charge in [0.05, 0.1) is 0 Å². The molecule has 13 heavy (non-hydrogen) atoms. The summed E-state index contributed by atoms with van der Waals surface area (Å²) < 4.78 is 0. The highest BCUT2D eigenvalue weighted by Crippen LogP contribution is 2.26. The first-order valence-electron chi connectivity index (χ1n) is 5.43. The smallest absolute Gasteiger partial charge is 0.139 e. The van der Waals surface area contributed by atoms with Crippen molar-refractivity contribution in [2.24, 2.45) is 5.92 Å². The summed E-state index contributed by atoms with van der Waals surface area (Å²) in [4.78, 5) is 11.7. The van der Waals surface area contributed by atoms with Gasteiger partial charge in [0.1, 0.15) is 5.78 Å². The summed E-state index contributed by atoms with van der Waals surface area (Å²) in [6.45, 7) is 5.95. The number of hydrogen-bond acceptors (Lipinski definition) is 1. The molecule has 74 valence electrons. The standard InChI is InChI=1S/C12H20O/c1-3-10(2)9-12(13)11-7-5-4-6-8-11/h11H,2-9H2,1H3. The molecule has 1 saturated carbocycles. The van der Waals surface area contributed by atoms with Gasteiger partial charge in [-0.3, -0.25) is 4.79 Å². The predicted molar refractivity (Wildman–Crippen MR) is 55.6 cm³/mol. The Hall–Kier alpha value is -0.590. The number of carbonyl (C=O) groups is 1. The average Bonchev–Trinajstić information content (AvgIpc) is 2.19. The number of carbonyl (C=O) groups excluding carboxylic acids is 1. The van der Waals surface area contributed by atoms with Crippen molar-refractivity contribution in [2.75, 3.05) is 0 Å². The number of hydrogen-bond donors (Lipinski definition) is 0. The molecule has 0 atom stereocenters. The van der Waals surface area contributed by atoms with E-state index in [1.54, 1.807) is 0 Å². The fraction of sp³-hybridized carbons (Fsp3) is 0.750. The zero-order chi connectivity index (χ0) is 9.68. The minimum absolute atomic E-state index is 0.358. The van der Waals surface area contributed by atoms with E-state index in [0.717, 1.165) is 24.8 Å².